The number of rotatable bonds is 13. The summed E-state index contributed by atoms with van der Waals surface area (Å²) in [7, 11) is -1.95. The first-order valence-electron chi connectivity index (χ1n) is 11.9. The third kappa shape index (κ3) is 8.28. The van der Waals surface area contributed by atoms with Gasteiger partial charge in [-0.25, -0.2) is 8.42 Å². The Balaban J connectivity index is 2.16. The minimum atomic E-state index is -3.52. The molecule has 0 fully saturated rings. The second kappa shape index (κ2) is 13.1. The summed E-state index contributed by atoms with van der Waals surface area (Å²) in [6, 6.07) is 14.1. The summed E-state index contributed by atoms with van der Waals surface area (Å²) in [4.78, 5) is 27.3. The van der Waals surface area contributed by atoms with Crippen LogP contribution in [-0.2, 0) is 32.6 Å². The highest BCUT2D eigenvalue weighted by molar-refractivity contribution is 7.92. The van der Waals surface area contributed by atoms with Gasteiger partial charge in [-0.05, 0) is 62.1 Å². The number of aryl methyl sites for hydroxylation is 1. The zero-order valence-corrected chi connectivity index (χ0v) is 22.1. The molecule has 8 nitrogen and oxygen atoms in total. The second-order valence-electron chi connectivity index (χ2n) is 8.40. The van der Waals surface area contributed by atoms with Crippen molar-refractivity contribution in [2.75, 3.05) is 30.8 Å². The highest BCUT2D eigenvalue weighted by Crippen LogP contribution is 2.21. The van der Waals surface area contributed by atoms with Gasteiger partial charge in [0, 0.05) is 26.1 Å². The van der Waals surface area contributed by atoms with Crippen LogP contribution in [0.4, 0.5) is 5.69 Å². The molecule has 35 heavy (non-hydrogen) atoms. The summed E-state index contributed by atoms with van der Waals surface area (Å²) in [5.74, 6) is 0.206. The first-order chi connectivity index (χ1) is 16.6. The van der Waals surface area contributed by atoms with Crippen molar-refractivity contribution in [3.05, 3.63) is 59.7 Å². The smallest absolute Gasteiger partial charge is 0.242 e. The zero-order chi connectivity index (χ0) is 26.0. The topological polar surface area (TPSA) is 96.0 Å². The van der Waals surface area contributed by atoms with Gasteiger partial charge >= 0.3 is 0 Å². The molecule has 2 aromatic rings. The van der Waals surface area contributed by atoms with Crippen LogP contribution in [0.5, 0.6) is 5.75 Å². The van der Waals surface area contributed by atoms with Crippen LogP contribution >= 0.6 is 0 Å². The maximum Gasteiger partial charge on any atom is 0.242 e. The van der Waals surface area contributed by atoms with Crippen molar-refractivity contribution in [1.82, 2.24) is 10.2 Å². The molecule has 0 heterocycles. The molecule has 1 N–H and O–H groups in total. The zero-order valence-electron chi connectivity index (χ0n) is 21.3. The average Bonchev–Trinajstić information content (AvgIpc) is 2.84. The number of anilines is 1. The number of methoxy groups -OCH3 is 1. The maximum atomic E-state index is 13.3. The van der Waals surface area contributed by atoms with Gasteiger partial charge in [0.2, 0.25) is 21.8 Å². The van der Waals surface area contributed by atoms with Crippen molar-refractivity contribution < 1.29 is 22.7 Å². The molecule has 1 atom stereocenters. The van der Waals surface area contributed by atoms with Gasteiger partial charge in [-0.3, -0.25) is 13.9 Å². The van der Waals surface area contributed by atoms with Crippen LogP contribution in [0.15, 0.2) is 48.5 Å². The molecule has 9 heteroatoms. The lowest BCUT2D eigenvalue weighted by atomic mass is 10.1. The molecule has 0 aliphatic carbocycles. The minimum absolute atomic E-state index is 0.104. The van der Waals surface area contributed by atoms with Gasteiger partial charge in [-0.2, -0.15) is 0 Å². The van der Waals surface area contributed by atoms with Crippen molar-refractivity contribution >= 4 is 27.5 Å². The number of benzene rings is 2. The Morgan fingerprint density at radius 2 is 1.74 bits per heavy atom. The third-order valence-corrected chi connectivity index (χ3v) is 6.98. The van der Waals surface area contributed by atoms with E-state index in [1.807, 2.05) is 50.2 Å². The van der Waals surface area contributed by atoms with Gasteiger partial charge in [0.15, 0.2) is 0 Å². The SMILES string of the molecule is CCNC(=O)C(C)N(Cc1cccc(OC)c1)C(=O)CCCN(c1ccc(CC)cc1)S(C)(=O)=O. The molecular formula is C26H37N3O5S. The predicted molar refractivity (Wildman–Crippen MR) is 139 cm³/mol. The average molecular weight is 504 g/mol. The fraction of sp³-hybridized carbons (Fsp3) is 0.462. The summed E-state index contributed by atoms with van der Waals surface area (Å²) < 4.78 is 31.5. The summed E-state index contributed by atoms with van der Waals surface area (Å²) >= 11 is 0. The number of carbonyl (C=O) groups excluding carboxylic acids is 2. The molecule has 0 radical (unpaired) electrons. The van der Waals surface area contributed by atoms with E-state index in [0.29, 0.717) is 24.4 Å². The normalized spacial score (nSPS) is 12.0. The van der Waals surface area contributed by atoms with E-state index >= 15 is 0 Å². The van der Waals surface area contributed by atoms with E-state index in [1.54, 1.807) is 26.2 Å². The van der Waals surface area contributed by atoms with Crippen LogP contribution in [0, 0.1) is 0 Å². The Labute approximate surface area is 209 Å². The molecule has 1 unspecified atom stereocenters. The number of sulfonamides is 1. The Kier molecular flexibility index (Phi) is 10.6. The van der Waals surface area contributed by atoms with Crippen molar-refractivity contribution in [2.45, 2.75) is 52.6 Å². The van der Waals surface area contributed by atoms with Gasteiger partial charge in [0.05, 0.1) is 19.1 Å². The largest absolute Gasteiger partial charge is 0.497 e. The molecule has 2 rings (SSSR count). The van der Waals surface area contributed by atoms with Gasteiger partial charge < -0.3 is 15.0 Å². The van der Waals surface area contributed by atoms with Crippen LogP contribution in [0.1, 0.15) is 44.7 Å². The van der Waals surface area contributed by atoms with E-state index < -0.39 is 16.1 Å². The van der Waals surface area contributed by atoms with E-state index in [1.165, 1.54) is 9.21 Å². The first kappa shape index (κ1) is 28.2. The molecule has 0 aliphatic heterocycles. The number of nitrogens with one attached hydrogen (secondary N) is 1. The van der Waals surface area contributed by atoms with Crippen LogP contribution in [0.2, 0.25) is 0 Å². The molecule has 192 valence electrons. The van der Waals surface area contributed by atoms with Crippen molar-refractivity contribution in [3.8, 4) is 5.75 Å². The van der Waals surface area contributed by atoms with E-state index in [9.17, 15) is 18.0 Å². The predicted octanol–water partition coefficient (Wildman–Crippen LogP) is 3.36. The fourth-order valence-electron chi connectivity index (χ4n) is 3.77. The molecule has 0 aliphatic rings. The Bertz CT molecular complexity index is 1090. The van der Waals surface area contributed by atoms with Crippen LogP contribution in [0.25, 0.3) is 0 Å². The van der Waals surface area contributed by atoms with Gasteiger partial charge in [-0.1, -0.05) is 31.2 Å². The quantitative estimate of drug-likeness (QED) is 0.452. The first-order valence-corrected chi connectivity index (χ1v) is 13.7. The molecule has 0 saturated heterocycles. The monoisotopic (exact) mass is 503 g/mol. The van der Waals surface area contributed by atoms with Crippen molar-refractivity contribution in [2.24, 2.45) is 0 Å². The lowest BCUT2D eigenvalue weighted by molar-refractivity contribution is -0.140. The van der Waals surface area contributed by atoms with Crippen LogP contribution in [-0.4, -0.2) is 57.6 Å². The molecule has 2 amide bonds. The molecule has 0 spiro atoms. The lowest BCUT2D eigenvalue weighted by Crippen LogP contribution is -2.47. The fourth-order valence-corrected chi connectivity index (χ4v) is 4.74. The summed E-state index contributed by atoms with van der Waals surface area (Å²) in [6.07, 6.45) is 2.44. The lowest BCUT2D eigenvalue weighted by Gasteiger charge is -2.29. The Morgan fingerprint density at radius 3 is 2.31 bits per heavy atom. The highest BCUT2D eigenvalue weighted by atomic mass is 32.2. The second-order valence-corrected chi connectivity index (χ2v) is 10.3. The number of hydrogen-bond acceptors (Lipinski definition) is 5. The van der Waals surface area contributed by atoms with Crippen molar-refractivity contribution in [1.29, 1.82) is 0 Å². The number of carbonyl (C=O) groups is 2. The number of ether oxygens (including phenoxy) is 1. The summed E-state index contributed by atoms with van der Waals surface area (Å²) in [6.45, 7) is 6.42. The minimum Gasteiger partial charge on any atom is -0.497 e. The van der Waals surface area contributed by atoms with E-state index in [4.69, 9.17) is 4.74 Å². The number of hydrogen-bond donors (Lipinski definition) is 1. The highest BCUT2D eigenvalue weighted by Gasteiger charge is 2.26. The van der Waals surface area contributed by atoms with E-state index in [-0.39, 0.29) is 31.3 Å². The molecule has 0 saturated carbocycles. The maximum absolute atomic E-state index is 13.3. The number of nitrogens with zero attached hydrogens (tertiary/aromatic N) is 2. The van der Waals surface area contributed by atoms with Crippen LogP contribution in [0.3, 0.4) is 0 Å². The van der Waals surface area contributed by atoms with E-state index in [2.05, 4.69) is 5.32 Å². The summed E-state index contributed by atoms with van der Waals surface area (Å²) in [5.41, 5.74) is 2.52. The van der Waals surface area contributed by atoms with Crippen molar-refractivity contribution in [3.63, 3.8) is 0 Å². The third-order valence-electron chi connectivity index (χ3n) is 5.79. The number of likely N-dealkylation sites (N-methyl/N-ethyl adjacent to an activating group) is 1. The molecule has 0 aromatic heterocycles. The Morgan fingerprint density at radius 1 is 1.06 bits per heavy atom. The standard InChI is InChI=1S/C26H37N3O5S/c1-6-21-13-15-23(16-14-21)29(35(5,32)33)17-9-12-25(30)28(20(3)26(31)27-7-2)19-22-10-8-11-24(18-22)34-4/h8,10-11,13-16,18,20H,6-7,9,12,17,19H2,1-5H3,(H,27,31). The van der Waals surface area contributed by atoms with Gasteiger partial charge in [0.25, 0.3) is 0 Å². The molecular weight excluding hydrogens is 466 g/mol. The Hall–Kier alpha value is -3.07. The number of amides is 2. The van der Waals surface area contributed by atoms with E-state index in [0.717, 1.165) is 23.8 Å². The molecule has 2 aromatic carbocycles. The van der Waals surface area contributed by atoms with Gasteiger partial charge in [-0.15, -0.1) is 0 Å². The summed E-state index contributed by atoms with van der Waals surface area (Å²) in [5, 5.41) is 2.77. The van der Waals surface area contributed by atoms with Crippen LogP contribution < -0.4 is 14.4 Å². The van der Waals surface area contributed by atoms with Gasteiger partial charge in [0.1, 0.15) is 11.8 Å². The molecule has 0 bridgehead atoms.